The molecule has 0 bridgehead atoms. The Bertz CT molecular complexity index is 549. The van der Waals surface area contributed by atoms with Crippen molar-refractivity contribution in [2.75, 3.05) is 25.0 Å². The molecule has 0 aliphatic heterocycles. The van der Waals surface area contributed by atoms with Crippen LogP contribution in [0.5, 0.6) is 0 Å². The van der Waals surface area contributed by atoms with E-state index in [2.05, 4.69) is 41.5 Å². The van der Waals surface area contributed by atoms with Gasteiger partial charge < -0.3 is 20.5 Å². The molecule has 1 aromatic rings. The minimum atomic E-state index is 0.350. The Morgan fingerprint density at radius 3 is 2.61 bits per heavy atom. The molecule has 1 rings (SSSR count). The third-order valence-corrected chi connectivity index (χ3v) is 3.82. The van der Waals surface area contributed by atoms with Gasteiger partial charge in [-0.3, -0.25) is 0 Å². The Hall–Kier alpha value is -1.88. The second kappa shape index (κ2) is 9.30. The van der Waals surface area contributed by atoms with Gasteiger partial charge in [-0.05, 0) is 37.1 Å². The molecular weight excluding hydrogens is 310 g/mol. The third-order valence-electron chi connectivity index (χ3n) is 3.64. The number of nitrogens with two attached hydrogens (primary N) is 1. The highest BCUT2D eigenvalue weighted by Gasteiger charge is 2.18. The van der Waals surface area contributed by atoms with Crippen LogP contribution in [0.25, 0.3) is 5.70 Å². The van der Waals surface area contributed by atoms with Crippen LogP contribution < -0.4 is 10.6 Å². The second-order valence-corrected chi connectivity index (χ2v) is 5.94. The molecule has 1 aromatic heterocycles. The van der Waals surface area contributed by atoms with E-state index in [1.807, 2.05) is 11.9 Å². The minimum Gasteiger partial charge on any atom is -0.403 e. The summed E-state index contributed by atoms with van der Waals surface area (Å²) in [5.74, 6) is 0.763. The van der Waals surface area contributed by atoms with E-state index < -0.39 is 0 Å². The molecule has 0 unspecified atom stereocenters. The predicted molar refractivity (Wildman–Crippen MR) is 100 cm³/mol. The van der Waals surface area contributed by atoms with E-state index in [9.17, 15) is 0 Å². The summed E-state index contributed by atoms with van der Waals surface area (Å²) >= 11 is 6.08. The molecule has 128 valence electrons. The summed E-state index contributed by atoms with van der Waals surface area (Å²) in [5, 5.41) is 0.350. The lowest BCUT2D eigenvalue weighted by atomic mass is 10.2. The molecule has 5 nitrogen and oxygen atoms in total. The van der Waals surface area contributed by atoms with Crippen molar-refractivity contribution in [1.29, 1.82) is 0 Å². The van der Waals surface area contributed by atoms with E-state index in [0.717, 1.165) is 56.0 Å². The summed E-state index contributed by atoms with van der Waals surface area (Å²) in [4.78, 5) is 11.6. The molecule has 0 fully saturated rings. The maximum absolute atomic E-state index is 6.08. The van der Waals surface area contributed by atoms with Crippen LogP contribution in [0.1, 0.15) is 38.3 Å². The monoisotopic (exact) mass is 337 g/mol. The predicted octanol–water partition coefficient (Wildman–Crippen LogP) is 3.97. The first-order valence-electron chi connectivity index (χ1n) is 7.89. The summed E-state index contributed by atoms with van der Waals surface area (Å²) in [7, 11) is 1.99. The number of H-pyrrole nitrogens is 1. The van der Waals surface area contributed by atoms with E-state index in [1.54, 1.807) is 6.20 Å². The Labute approximate surface area is 144 Å². The second-order valence-electron chi connectivity index (χ2n) is 5.59. The van der Waals surface area contributed by atoms with E-state index in [-0.39, 0.29) is 0 Å². The number of nitrogens with zero attached hydrogens (tertiary/aromatic N) is 3. The van der Waals surface area contributed by atoms with Gasteiger partial charge in [-0.15, -0.1) is 0 Å². The lowest BCUT2D eigenvalue weighted by Crippen LogP contribution is -2.22. The van der Waals surface area contributed by atoms with Crippen LogP contribution in [-0.4, -0.2) is 35.0 Å². The number of halogens is 1. The fourth-order valence-electron chi connectivity index (χ4n) is 2.23. The Kier molecular flexibility index (Phi) is 7.75. The summed E-state index contributed by atoms with van der Waals surface area (Å²) in [6, 6.07) is 0. The topological polar surface area (TPSA) is 61.2 Å². The van der Waals surface area contributed by atoms with Crippen molar-refractivity contribution < 1.29 is 0 Å². The van der Waals surface area contributed by atoms with Gasteiger partial charge in [0, 0.05) is 25.8 Å². The average molecular weight is 338 g/mol. The first-order valence-corrected chi connectivity index (χ1v) is 8.26. The Balaban J connectivity index is 2.87. The van der Waals surface area contributed by atoms with Gasteiger partial charge in [-0.25, -0.2) is 0 Å². The summed E-state index contributed by atoms with van der Waals surface area (Å²) < 4.78 is 0. The van der Waals surface area contributed by atoms with Crippen LogP contribution in [0.15, 0.2) is 31.6 Å². The molecule has 23 heavy (non-hydrogen) atoms. The lowest BCUT2D eigenvalue weighted by Gasteiger charge is -2.24. The number of aromatic nitrogens is 2. The van der Waals surface area contributed by atoms with Gasteiger partial charge in [0.1, 0.15) is 5.69 Å². The van der Waals surface area contributed by atoms with Gasteiger partial charge >= 0.3 is 0 Å². The van der Waals surface area contributed by atoms with Crippen molar-refractivity contribution in [2.45, 2.75) is 32.6 Å². The first-order chi connectivity index (χ1) is 10.9. The smallest absolute Gasteiger partial charge is 0.202 e. The molecule has 0 saturated heterocycles. The molecular formula is C17H28ClN5. The molecule has 0 aliphatic rings. The molecule has 6 heteroatoms. The number of imidazole rings is 1. The fraction of sp³-hybridized carbons (Fsp3) is 0.471. The number of anilines is 1. The summed E-state index contributed by atoms with van der Waals surface area (Å²) in [6.07, 6.45) is 5.64. The quantitative estimate of drug-likeness (QED) is 0.641. The maximum atomic E-state index is 6.08. The zero-order valence-corrected chi connectivity index (χ0v) is 15.0. The van der Waals surface area contributed by atoms with Crippen molar-refractivity contribution in [1.82, 2.24) is 14.9 Å². The number of unbranched alkanes of at least 4 members (excludes halogenated alkanes) is 1. The molecule has 0 aliphatic carbocycles. The Morgan fingerprint density at radius 2 is 2.04 bits per heavy atom. The third kappa shape index (κ3) is 5.67. The van der Waals surface area contributed by atoms with Crippen molar-refractivity contribution >= 4 is 23.1 Å². The van der Waals surface area contributed by atoms with Gasteiger partial charge in [-0.1, -0.05) is 33.1 Å². The standard InChI is InChI=1S/C17H28ClN5/c1-6-8-12-23(7-2)16-15(20-17(18)21-16)14(4)22(5)11-9-10-13(3)19/h7H,2-4,6,8-12,19H2,1,5H3,(H,20,21). The molecule has 0 aromatic carbocycles. The van der Waals surface area contributed by atoms with E-state index >= 15 is 0 Å². The number of nitrogens with one attached hydrogen (secondary N) is 1. The van der Waals surface area contributed by atoms with Crippen LogP contribution in [0.3, 0.4) is 0 Å². The molecule has 0 atom stereocenters. The maximum Gasteiger partial charge on any atom is 0.202 e. The first kappa shape index (κ1) is 19.2. The summed E-state index contributed by atoms with van der Waals surface area (Å²) in [5.41, 5.74) is 7.97. The SMILES string of the molecule is C=CN(CCCC)c1nc(Cl)[nH]c1C(=C)N(C)CCCC(=C)N. The van der Waals surface area contributed by atoms with Gasteiger partial charge in [0.15, 0.2) is 5.82 Å². The zero-order valence-electron chi connectivity index (χ0n) is 14.2. The molecule has 1 heterocycles. The fourth-order valence-corrected chi connectivity index (χ4v) is 2.40. The van der Waals surface area contributed by atoms with Gasteiger partial charge in [-0.2, -0.15) is 4.98 Å². The number of hydrogen-bond donors (Lipinski definition) is 2. The normalized spacial score (nSPS) is 10.4. The number of aromatic amines is 1. The van der Waals surface area contributed by atoms with Gasteiger partial charge in [0.05, 0.1) is 5.70 Å². The van der Waals surface area contributed by atoms with E-state index in [1.165, 1.54) is 0 Å². The minimum absolute atomic E-state index is 0.350. The van der Waals surface area contributed by atoms with Crippen molar-refractivity contribution in [3.05, 3.63) is 42.6 Å². The van der Waals surface area contributed by atoms with E-state index in [4.69, 9.17) is 17.3 Å². The van der Waals surface area contributed by atoms with Crippen LogP contribution in [0, 0.1) is 0 Å². The molecule has 0 saturated carbocycles. The largest absolute Gasteiger partial charge is 0.403 e. The average Bonchev–Trinajstić information content (AvgIpc) is 2.88. The number of allylic oxidation sites excluding steroid dienone is 1. The van der Waals surface area contributed by atoms with Crippen LogP contribution in [-0.2, 0) is 0 Å². The molecule has 0 radical (unpaired) electrons. The highest BCUT2D eigenvalue weighted by atomic mass is 35.5. The number of hydrogen-bond acceptors (Lipinski definition) is 4. The van der Waals surface area contributed by atoms with Gasteiger partial charge in [0.25, 0.3) is 0 Å². The zero-order chi connectivity index (χ0) is 17.4. The molecule has 0 amide bonds. The van der Waals surface area contributed by atoms with Gasteiger partial charge in [0.2, 0.25) is 5.28 Å². The highest BCUT2D eigenvalue weighted by molar-refractivity contribution is 6.28. The van der Waals surface area contributed by atoms with E-state index in [0.29, 0.717) is 11.0 Å². The highest BCUT2D eigenvalue weighted by Crippen LogP contribution is 2.28. The van der Waals surface area contributed by atoms with Crippen molar-refractivity contribution in [3.63, 3.8) is 0 Å². The van der Waals surface area contributed by atoms with Crippen molar-refractivity contribution in [3.8, 4) is 0 Å². The summed E-state index contributed by atoms with van der Waals surface area (Å²) in [6.45, 7) is 15.6. The lowest BCUT2D eigenvalue weighted by molar-refractivity contribution is 0.465. The van der Waals surface area contributed by atoms with Crippen LogP contribution >= 0.6 is 11.6 Å². The number of rotatable bonds is 11. The molecule has 3 N–H and O–H groups in total. The van der Waals surface area contributed by atoms with Crippen LogP contribution in [0.2, 0.25) is 5.28 Å². The molecule has 0 spiro atoms. The Morgan fingerprint density at radius 1 is 1.35 bits per heavy atom. The van der Waals surface area contributed by atoms with Crippen molar-refractivity contribution in [2.24, 2.45) is 5.73 Å². The van der Waals surface area contributed by atoms with Crippen LogP contribution in [0.4, 0.5) is 5.82 Å².